The van der Waals surface area contributed by atoms with Crippen LogP contribution in [0.5, 0.6) is 11.5 Å². The van der Waals surface area contributed by atoms with E-state index >= 15 is 0 Å². The van der Waals surface area contributed by atoms with Crippen LogP contribution in [0, 0.1) is 5.92 Å². The maximum atomic E-state index is 5.84. The van der Waals surface area contributed by atoms with E-state index in [0.29, 0.717) is 6.10 Å². The Morgan fingerprint density at radius 1 is 1.12 bits per heavy atom. The molecule has 1 fully saturated rings. The summed E-state index contributed by atoms with van der Waals surface area (Å²) in [6.07, 6.45) is 11.2. The van der Waals surface area contributed by atoms with Crippen molar-refractivity contribution in [2.45, 2.75) is 84.3 Å². The largest absolute Gasteiger partial charge is 0.487 e. The molecule has 1 aromatic carbocycles. The van der Waals surface area contributed by atoms with E-state index in [0.717, 1.165) is 36.8 Å². The summed E-state index contributed by atoms with van der Waals surface area (Å²) in [5, 5.41) is 0. The van der Waals surface area contributed by atoms with E-state index < -0.39 is 0 Å². The van der Waals surface area contributed by atoms with Gasteiger partial charge in [0.05, 0.1) is 12.2 Å². The third-order valence-corrected chi connectivity index (χ3v) is 4.87. The molecule has 0 spiro atoms. The normalized spacial score (nSPS) is 21.1. The van der Waals surface area contributed by atoms with Crippen molar-refractivity contribution in [1.82, 2.24) is 0 Å². The molecule has 3 rings (SSSR count). The van der Waals surface area contributed by atoms with Crippen LogP contribution in [0.3, 0.4) is 0 Å². The van der Waals surface area contributed by atoms with E-state index in [1.807, 2.05) is 26.0 Å². The summed E-state index contributed by atoms with van der Waals surface area (Å²) in [5.41, 5.74) is 6.84. The van der Waals surface area contributed by atoms with Gasteiger partial charge >= 0.3 is 0 Å². The van der Waals surface area contributed by atoms with Gasteiger partial charge in [0.2, 0.25) is 0 Å². The Morgan fingerprint density at radius 2 is 1.83 bits per heavy atom. The first-order valence-corrected chi connectivity index (χ1v) is 9.75. The fourth-order valence-corrected chi connectivity index (χ4v) is 3.46. The second-order valence-corrected chi connectivity index (χ2v) is 7.47. The highest BCUT2D eigenvalue weighted by Gasteiger charge is 2.20. The Morgan fingerprint density at radius 3 is 2.46 bits per heavy atom. The van der Waals surface area contributed by atoms with Gasteiger partial charge in [-0.15, -0.1) is 0 Å². The summed E-state index contributed by atoms with van der Waals surface area (Å²) in [5.74, 6) is 2.69. The standard InChI is InChI=1S/C13H18O2.C8H17N/c1-9(2)14-12-6-4-5-11-8-7-10(3)15-13(11)12;9-7-8-5-3-1-2-4-6-8/h4-6,9-10H,7-8H2,1-3H3;8H,1-7,9H2. The molecule has 1 aromatic rings. The third kappa shape index (κ3) is 6.01. The van der Waals surface area contributed by atoms with Crippen molar-refractivity contribution in [2.24, 2.45) is 11.7 Å². The molecule has 1 heterocycles. The number of para-hydroxylation sites is 1. The number of nitrogens with two attached hydrogens (primary N) is 1. The number of aryl methyl sites for hydroxylation is 1. The summed E-state index contributed by atoms with van der Waals surface area (Å²) >= 11 is 0. The lowest BCUT2D eigenvalue weighted by atomic mass is 10.0. The summed E-state index contributed by atoms with van der Waals surface area (Å²) < 4.78 is 11.6. The molecule has 0 aromatic heterocycles. The second-order valence-electron chi connectivity index (χ2n) is 7.47. The van der Waals surface area contributed by atoms with Crippen LogP contribution >= 0.6 is 0 Å². The number of hydrogen-bond acceptors (Lipinski definition) is 3. The quantitative estimate of drug-likeness (QED) is 0.782. The summed E-state index contributed by atoms with van der Waals surface area (Å²) in [7, 11) is 0. The minimum absolute atomic E-state index is 0.192. The molecule has 0 amide bonds. The lowest BCUT2D eigenvalue weighted by molar-refractivity contribution is 0.168. The van der Waals surface area contributed by atoms with Gasteiger partial charge in [-0.3, -0.25) is 0 Å². The molecule has 24 heavy (non-hydrogen) atoms. The van der Waals surface area contributed by atoms with Crippen molar-refractivity contribution in [3.8, 4) is 11.5 Å². The average Bonchev–Trinajstić information content (AvgIpc) is 2.84. The molecule has 2 N–H and O–H groups in total. The van der Waals surface area contributed by atoms with Crippen molar-refractivity contribution < 1.29 is 9.47 Å². The van der Waals surface area contributed by atoms with E-state index in [1.54, 1.807) is 0 Å². The third-order valence-electron chi connectivity index (χ3n) is 4.87. The summed E-state index contributed by atoms with van der Waals surface area (Å²) in [6, 6.07) is 6.14. The van der Waals surface area contributed by atoms with Crippen LogP contribution in [0.1, 0.15) is 71.3 Å². The summed E-state index contributed by atoms with van der Waals surface area (Å²) in [4.78, 5) is 0. The van der Waals surface area contributed by atoms with Gasteiger partial charge in [0.15, 0.2) is 11.5 Å². The minimum atomic E-state index is 0.192. The van der Waals surface area contributed by atoms with Crippen molar-refractivity contribution in [2.75, 3.05) is 6.54 Å². The van der Waals surface area contributed by atoms with E-state index in [2.05, 4.69) is 13.0 Å². The highest BCUT2D eigenvalue weighted by molar-refractivity contribution is 5.47. The van der Waals surface area contributed by atoms with Gasteiger partial charge in [0, 0.05) is 0 Å². The van der Waals surface area contributed by atoms with E-state index in [9.17, 15) is 0 Å². The van der Waals surface area contributed by atoms with Gasteiger partial charge in [-0.1, -0.05) is 37.8 Å². The average molecular weight is 334 g/mol. The first kappa shape index (κ1) is 19.1. The Labute approximate surface area is 147 Å². The molecule has 2 aliphatic rings. The van der Waals surface area contributed by atoms with E-state index in [-0.39, 0.29) is 6.10 Å². The molecule has 0 saturated heterocycles. The SMILES string of the molecule is CC(C)Oc1cccc2c1OC(C)CC2.NCC1CCCCCC1. The Balaban J connectivity index is 0.000000198. The zero-order valence-corrected chi connectivity index (χ0v) is 15.7. The van der Waals surface area contributed by atoms with Gasteiger partial charge in [-0.05, 0) is 70.5 Å². The van der Waals surface area contributed by atoms with Crippen LogP contribution < -0.4 is 15.2 Å². The Kier molecular flexibility index (Phi) is 7.90. The van der Waals surface area contributed by atoms with Gasteiger partial charge < -0.3 is 15.2 Å². The lowest BCUT2D eigenvalue weighted by Crippen LogP contribution is -2.20. The smallest absolute Gasteiger partial charge is 0.164 e. The van der Waals surface area contributed by atoms with Crippen molar-refractivity contribution in [3.63, 3.8) is 0 Å². The first-order chi connectivity index (χ1) is 11.6. The molecule has 136 valence electrons. The zero-order valence-electron chi connectivity index (χ0n) is 15.7. The molecular weight excluding hydrogens is 298 g/mol. The van der Waals surface area contributed by atoms with Gasteiger partial charge in [-0.25, -0.2) is 0 Å². The fraction of sp³-hybridized carbons (Fsp3) is 0.714. The summed E-state index contributed by atoms with van der Waals surface area (Å²) in [6.45, 7) is 7.09. The molecule has 3 heteroatoms. The van der Waals surface area contributed by atoms with Crippen molar-refractivity contribution in [1.29, 1.82) is 0 Å². The van der Waals surface area contributed by atoms with Crippen LogP contribution in [0.25, 0.3) is 0 Å². The predicted molar refractivity (Wildman–Crippen MR) is 101 cm³/mol. The van der Waals surface area contributed by atoms with Crippen LogP contribution in [0.4, 0.5) is 0 Å². The van der Waals surface area contributed by atoms with Crippen LogP contribution in [0.2, 0.25) is 0 Å². The highest BCUT2D eigenvalue weighted by atomic mass is 16.5. The van der Waals surface area contributed by atoms with Gasteiger partial charge in [0.25, 0.3) is 0 Å². The molecular formula is C21H35NO2. The number of hydrogen-bond donors (Lipinski definition) is 1. The molecule has 1 atom stereocenters. The van der Waals surface area contributed by atoms with Crippen LogP contribution in [-0.2, 0) is 6.42 Å². The predicted octanol–water partition coefficient (Wildman–Crippen LogP) is 5.10. The van der Waals surface area contributed by atoms with Crippen LogP contribution in [0.15, 0.2) is 18.2 Å². The second kappa shape index (κ2) is 9.93. The molecule has 1 aliphatic carbocycles. The number of benzene rings is 1. The molecule has 1 unspecified atom stereocenters. The number of fused-ring (bicyclic) bond motifs is 1. The maximum Gasteiger partial charge on any atom is 0.164 e. The van der Waals surface area contributed by atoms with Crippen molar-refractivity contribution in [3.05, 3.63) is 23.8 Å². The van der Waals surface area contributed by atoms with E-state index in [1.165, 1.54) is 44.1 Å². The number of ether oxygens (including phenoxy) is 2. The zero-order chi connectivity index (χ0) is 17.4. The van der Waals surface area contributed by atoms with E-state index in [4.69, 9.17) is 15.2 Å². The first-order valence-electron chi connectivity index (χ1n) is 9.75. The van der Waals surface area contributed by atoms with Crippen LogP contribution in [-0.4, -0.2) is 18.8 Å². The monoisotopic (exact) mass is 333 g/mol. The molecule has 1 aliphatic heterocycles. The van der Waals surface area contributed by atoms with Gasteiger partial charge in [0.1, 0.15) is 0 Å². The topological polar surface area (TPSA) is 44.5 Å². The fourth-order valence-electron chi connectivity index (χ4n) is 3.46. The van der Waals surface area contributed by atoms with Gasteiger partial charge in [-0.2, -0.15) is 0 Å². The lowest BCUT2D eigenvalue weighted by Gasteiger charge is -2.25. The highest BCUT2D eigenvalue weighted by Crippen LogP contribution is 2.36. The molecule has 0 bridgehead atoms. The maximum absolute atomic E-state index is 5.84. The molecule has 1 saturated carbocycles. The van der Waals surface area contributed by atoms with Crippen molar-refractivity contribution >= 4 is 0 Å². The molecule has 3 nitrogen and oxygen atoms in total. The Bertz CT molecular complexity index is 479. The minimum Gasteiger partial charge on any atom is -0.487 e. The molecule has 0 radical (unpaired) electrons. The number of rotatable bonds is 3. The Hall–Kier alpha value is -1.22.